The number of nitrogens with zero attached hydrogens (tertiary/aromatic N) is 3. The molecule has 4 aromatic rings. The lowest BCUT2D eigenvalue weighted by Crippen LogP contribution is -2.16. The number of hydrogen-bond acceptors (Lipinski definition) is 7. The predicted octanol–water partition coefficient (Wildman–Crippen LogP) is 4.63. The monoisotopic (exact) mass is 497 g/mol. The van der Waals surface area contributed by atoms with Crippen molar-refractivity contribution in [1.29, 1.82) is 0 Å². The van der Waals surface area contributed by atoms with Gasteiger partial charge in [0.25, 0.3) is 5.56 Å². The Morgan fingerprint density at radius 3 is 2.52 bits per heavy atom. The van der Waals surface area contributed by atoms with Crippen LogP contribution in [0.15, 0.2) is 56.8 Å². The zero-order chi connectivity index (χ0) is 21.7. The molecule has 0 atom stereocenters. The first-order valence-corrected chi connectivity index (χ1v) is 11.0. The number of benzene rings is 2. The summed E-state index contributed by atoms with van der Waals surface area (Å²) in [6.45, 7) is 0.192. The fourth-order valence-corrected chi connectivity index (χ4v) is 4.82. The second-order valence-electron chi connectivity index (χ2n) is 6.92. The highest BCUT2D eigenvalue weighted by atomic mass is 79.9. The maximum atomic E-state index is 12.8. The molecule has 31 heavy (non-hydrogen) atoms. The molecule has 1 aliphatic rings. The van der Waals surface area contributed by atoms with Gasteiger partial charge in [-0.2, -0.15) is 4.98 Å². The first-order valence-electron chi connectivity index (χ1n) is 9.31. The van der Waals surface area contributed by atoms with Crippen LogP contribution in [0.2, 0.25) is 0 Å². The fourth-order valence-electron chi connectivity index (χ4n) is 3.66. The summed E-state index contributed by atoms with van der Waals surface area (Å²) in [6.07, 6.45) is 0. The number of fused-ring (bicyclic) bond motifs is 3. The average Bonchev–Trinajstić information content (AvgIpc) is 3.37. The molecule has 0 bridgehead atoms. The summed E-state index contributed by atoms with van der Waals surface area (Å²) < 4.78 is 13.5. The lowest BCUT2D eigenvalue weighted by Gasteiger charge is -2.13. The number of aliphatic hydroxyl groups is 1. The Kier molecular flexibility index (Phi) is 4.79. The van der Waals surface area contributed by atoms with E-state index in [9.17, 15) is 9.90 Å². The highest BCUT2D eigenvalue weighted by Crippen LogP contribution is 2.38. The number of methoxy groups -OCH3 is 2. The number of thiazole rings is 1. The molecule has 7 nitrogen and oxygen atoms in total. The summed E-state index contributed by atoms with van der Waals surface area (Å²) >= 11 is 4.83. The highest BCUT2D eigenvalue weighted by Gasteiger charge is 2.29. The summed E-state index contributed by atoms with van der Waals surface area (Å²) in [6, 6.07) is 11.2. The van der Waals surface area contributed by atoms with Crippen molar-refractivity contribution in [2.24, 2.45) is 0 Å². The van der Waals surface area contributed by atoms with Crippen LogP contribution in [-0.4, -0.2) is 33.9 Å². The van der Waals surface area contributed by atoms with E-state index < -0.39 is 5.56 Å². The minimum atomic E-state index is -0.404. The van der Waals surface area contributed by atoms with Crippen molar-refractivity contribution in [2.75, 3.05) is 14.2 Å². The van der Waals surface area contributed by atoms with Crippen LogP contribution in [0.25, 0.3) is 27.7 Å². The van der Waals surface area contributed by atoms with Crippen LogP contribution in [-0.2, 0) is 6.54 Å². The van der Waals surface area contributed by atoms with E-state index in [1.165, 1.54) is 25.6 Å². The van der Waals surface area contributed by atoms with Gasteiger partial charge in [-0.3, -0.25) is 4.79 Å². The summed E-state index contributed by atoms with van der Waals surface area (Å²) in [5.41, 5.74) is 2.44. The van der Waals surface area contributed by atoms with Crippen LogP contribution in [0, 0.1) is 0 Å². The molecule has 2 aromatic carbocycles. The predicted molar refractivity (Wildman–Crippen MR) is 123 cm³/mol. The zero-order valence-corrected chi connectivity index (χ0v) is 19.0. The first kappa shape index (κ1) is 19.8. The molecule has 5 rings (SSSR count). The van der Waals surface area contributed by atoms with Gasteiger partial charge in [0.1, 0.15) is 10.8 Å². The molecule has 1 N–H and O–H groups in total. The van der Waals surface area contributed by atoms with Crippen molar-refractivity contribution in [3.05, 3.63) is 73.2 Å². The molecule has 3 heterocycles. The van der Waals surface area contributed by atoms with E-state index >= 15 is 0 Å². The Labute approximate surface area is 189 Å². The lowest BCUT2D eigenvalue weighted by molar-refractivity contribution is 0.355. The molecule has 0 radical (unpaired) electrons. The number of halogens is 1. The van der Waals surface area contributed by atoms with Gasteiger partial charge in [0.15, 0.2) is 17.3 Å². The van der Waals surface area contributed by atoms with E-state index in [1.54, 1.807) is 16.7 Å². The van der Waals surface area contributed by atoms with Gasteiger partial charge in [0.05, 0.1) is 42.9 Å². The molecular weight excluding hydrogens is 482 g/mol. The van der Waals surface area contributed by atoms with Gasteiger partial charge in [-0.05, 0) is 18.2 Å². The summed E-state index contributed by atoms with van der Waals surface area (Å²) in [4.78, 5) is 21.8. The Morgan fingerprint density at radius 2 is 1.81 bits per heavy atom. The second-order valence-corrected chi connectivity index (χ2v) is 8.69. The van der Waals surface area contributed by atoms with Gasteiger partial charge in [-0.15, -0.1) is 11.3 Å². The van der Waals surface area contributed by atoms with E-state index in [1.807, 2.05) is 29.6 Å². The standard InChI is InChI=1S/C22H16BrN3O4S/c1-29-17-7-13-15(8-18(17)30-2)26-9-16(27)19(20(26)25-21(13)28)22-24-14(10-31-22)11-3-5-12(23)6-4-11/h3-8,10,27H,9H2,1-2H3. The van der Waals surface area contributed by atoms with Crippen molar-refractivity contribution in [2.45, 2.75) is 6.54 Å². The van der Waals surface area contributed by atoms with Gasteiger partial charge in [-0.25, -0.2) is 4.98 Å². The molecule has 0 fully saturated rings. The van der Waals surface area contributed by atoms with E-state index in [2.05, 4.69) is 20.9 Å². The van der Waals surface area contributed by atoms with Crippen LogP contribution in [0.5, 0.6) is 11.5 Å². The topological polar surface area (TPSA) is 86.5 Å². The maximum absolute atomic E-state index is 12.8. The molecule has 156 valence electrons. The molecule has 0 unspecified atom stereocenters. The van der Waals surface area contributed by atoms with Crippen molar-refractivity contribution in [3.63, 3.8) is 0 Å². The number of hydrogen-bond donors (Lipinski definition) is 1. The van der Waals surface area contributed by atoms with Crippen molar-refractivity contribution >= 4 is 43.7 Å². The summed E-state index contributed by atoms with van der Waals surface area (Å²) in [7, 11) is 3.05. The van der Waals surface area contributed by atoms with E-state index in [4.69, 9.17) is 14.5 Å². The number of aliphatic hydroxyl groups excluding tert-OH is 1. The molecule has 9 heteroatoms. The van der Waals surface area contributed by atoms with Crippen molar-refractivity contribution in [1.82, 2.24) is 14.5 Å². The summed E-state index contributed by atoms with van der Waals surface area (Å²) in [5, 5.41) is 13.7. The number of ether oxygens (including phenoxy) is 2. The quantitative estimate of drug-likeness (QED) is 0.442. The normalized spacial score (nSPS) is 13.0. The van der Waals surface area contributed by atoms with E-state index in [0.29, 0.717) is 38.8 Å². The number of aromatic nitrogens is 3. The fraction of sp³-hybridized carbons (Fsp3) is 0.136. The zero-order valence-electron chi connectivity index (χ0n) is 16.5. The Balaban J connectivity index is 1.65. The maximum Gasteiger partial charge on any atom is 0.281 e. The first-order chi connectivity index (χ1) is 15.0. The van der Waals surface area contributed by atoms with Gasteiger partial charge in [0, 0.05) is 21.5 Å². The minimum Gasteiger partial charge on any atom is -0.510 e. The van der Waals surface area contributed by atoms with Gasteiger partial charge < -0.3 is 19.1 Å². The van der Waals surface area contributed by atoms with E-state index in [-0.39, 0.29) is 12.3 Å². The smallest absolute Gasteiger partial charge is 0.281 e. The SMILES string of the molecule is COc1cc2c(=O)nc3n(c2cc1OC)CC(O)=C3c1nc(-c2ccc(Br)cc2)cs1. The third-order valence-corrected chi connectivity index (χ3v) is 6.55. The molecule has 0 spiro atoms. The number of allylic oxidation sites excluding steroid dienone is 1. The van der Waals surface area contributed by atoms with Crippen molar-refractivity contribution < 1.29 is 14.6 Å². The molecular formula is C22H16BrN3O4S. The molecule has 0 amide bonds. The Hall–Kier alpha value is -3.17. The minimum absolute atomic E-state index is 0.117. The third-order valence-electron chi connectivity index (χ3n) is 5.16. The van der Waals surface area contributed by atoms with Gasteiger partial charge in [-0.1, -0.05) is 28.1 Å². The van der Waals surface area contributed by atoms with Crippen LogP contribution in [0.3, 0.4) is 0 Å². The molecule has 1 aliphatic heterocycles. The summed E-state index contributed by atoms with van der Waals surface area (Å²) in [5.74, 6) is 1.45. The van der Waals surface area contributed by atoms with Gasteiger partial charge in [0.2, 0.25) is 0 Å². The number of rotatable bonds is 4. The third kappa shape index (κ3) is 3.21. The van der Waals surface area contributed by atoms with Crippen LogP contribution in [0.4, 0.5) is 0 Å². The Morgan fingerprint density at radius 1 is 1.10 bits per heavy atom. The molecule has 0 saturated heterocycles. The van der Waals surface area contributed by atoms with Crippen LogP contribution in [0.1, 0.15) is 10.8 Å². The molecule has 2 aromatic heterocycles. The lowest BCUT2D eigenvalue weighted by atomic mass is 10.2. The van der Waals surface area contributed by atoms with E-state index in [0.717, 1.165) is 15.7 Å². The van der Waals surface area contributed by atoms with Crippen molar-refractivity contribution in [3.8, 4) is 22.8 Å². The largest absolute Gasteiger partial charge is 0.510 e. The van der Waals surface area contributed by atoms with Crippen LogP contribution < -0.4 is 15.0 Å². The average molecular weight is 498 g/mol. The highest BCUT2D eigenvalue weighted by molar-refractivity contribution is 9.10. The molecule has 0 aliphatic carbocycles. The molecule has 0 saturated carbocycles. The van der Waals surface area contributed by atoms with Crippen LogP contribution >= 0.6 is 27.3 Å². The van der Waals surface area contributed by atoms with Gasteiger partial charge >= 0.3 is 0 Å². The second kappa shape index (κ2) is 7.51. The Bertz CT molecular complexity index is 1420.